The van der Waals surface area contributed by atoms with E-state index >= 15 is 0 Å². The van der Waals surface area contributed by atoms with Crippen molar-refractivity contribution >= 4 is 52.3 Å². The van der Waals surface area contributed by atoms with Crippen molar-refractivity contribution in [1.82, 2.24) is 19.4 Å². The first-order chi connectivity index (χ1) is 24.0. The normalized spacial score (nSPS) is 17.4. The molecule has 4 aromatic rings. The highest BCUT2D eigenvalue weighted by atomic mass is 35.5. The van der Waals surface area contributed by atoms with Crippen LogP contribution in [0.25, 0.3) is 11.0 Å². The van der Waals surface area contributed by atoms with Gasteiger partial charge in [-0.1, -0.05) is 47.5 Å². The Kier molecular flexibility index (Phi) is 10.9. The van der Waals surface area contributed by atoms with Crippen LogP contribution in [0, 0.1) is 0 Å². The molecule has 1 amide bonds. The van der Waals surface area contributed by atoms with Gasteiger partial charge in [-0.05, 0) is 78.6 Å². The highest BCUT2D eigenvalue weighted by molar-refractivity contribution is 6.42. The molecule has 2 aliphatic rings. The van der Waals surface area contributed by atoms with Crippen molar-refractivity contribution in [3.8, 4) is 5.75 Å². The SMILES string of the molecule is COc1ccc(C2C=NN=N2)cc1C(=O)N(C)CC(CCN1CCC(Nc2nc3ccccc3n2CC(F)(F)F)CC1)c1ccc(Cl)c(Cl)c1. The molecule has 264 valence electrons. The first kappa shape index (κ1) is 35.6. The molecule has 0 bridgehead atoms. The van der Waals surface area contributed by atoms with E-state index in [0.29, 0.717) is 38.9 Å². The molecule has 1 fully saturated rings. The second kappa shape index (κ2) is 15.4. The molecule has 3 aromatic carbocycles. The van der Waals surface area contributed by atoms with Crippen molar-refractivity contribution in [3.05, 3.63) is 87.4 Å². The largest absolute Gasteiger partial charge is 0.496 e. The van der Waals surface area contributed by atoms with Crippen LogP contribution in [-0.4, -0.2) is 84.0 Å². The van der Waals surface area contributed by atoms with Crippen molar-refractivity contribution in [1.29, 1.82) is 0 Å². The van der Waals surface area contributed by atoms with E-state index in [1.807, 2.05) is 18.2 Å². The van der Waals surface area contributed by atoms with E-state index in [1.165, 1.54) is 11.7 Å². The highest BCUT2D eigenvalue weighted by Crippen LogP contribution is 2.32. The van der Waals surface area contributed by atoms with Gasteiger partial charge in [-0.3, -0.25) is 4.79 Å². The van der Waals surface area contributed by atoms with Crippen LogP contribution in [0.3, 0.4) is 0 Å². The number of alkyl halides is 3. The van der Waals surface area contributed by atoms with Crippen LogP contribution in [0.2, 0.25) is 10.0 Å². The standard InChI is InChI=1S/C35H37Cl2F3N8O2/c1-46(33(49)26-17-23(8-10-32(26)50-2)30-19-41-45-44-30)20-24(22-7-9-27(36)28(37)18-22)11-14-47-15-12-25(13-16-47)42-34-43-29-5-3-4-6-31(29)48(34)21-35(38,39)40/h3-10,17-19,24-25,30H,11-16,20-21H2,1-2H3,(H,42,43). The predicted molar refractivity (Wildman–Crippen MR) is 189 cm³/mol. The van der Waals surface area contributed by atoms with Gasteiger partial charge in [0.2, 0.25) is 5.95 Å². The van der Waals surface area contributed by atoms with Crippen LogP contribution in [0.4, 0.5) is 19.1 Å². The third kappa shape index (κ3) is 8.39. The van der Waals surface area contributed by atoms with E-state index in [1.54, 1.807) is 60.6 Å². The fourth-order valence-corrected chi connectivity index (χ4v) is 6.84. The number of carbonyl (C=O) groups excluding carboxylic acids is 1. The minimum atomic E-state index is -4.37. The summed E-state index contributed by atoms with van der Waals surface area (Å²) in [5.74, 6) is 0.414. The third-order valence-electron chi connectivity index (χ3n) is 9.19. The summed E-state index contributed by atoms with van der Waals surface area (Å²) < 4.78 is 47.1. The lowest BCUT2D eigenvalue weighted by molar-refractivity contribution is -0.139. The van der Waals surface area contributed by atoms with Crippen LogP contribution in [-0.2, 0) is 6.54 Å². The number of benzene rings is 3. The van der Waals surface area contributed by atoms with E-state index in [-0.39, 0.29) is 29.9 Å². The van der Waals surface area contributed by atoms with Gasteiger partial charge in [0.1, 0.15) is 18.3 Å². The minimum Gasteiger partial charge on any atom is -0.496 e. The maximum absolute atomic E-state index is 13.9. The number of nitrogens with zero attached hydrogens (tertiary/aromatic N) is 7. The number of aromatic nitrogens is 2. The van der Waals surface area contributed by atoms with Gasteiger partial charge in [-0.15, -0.1) is 5.10 Å². The van der Waals surface area contributed by atoms with Gasteiger partial charge in [-0.25, -0.2) is 4.98 Å². The smallest absolute Gasteiger partial charge is 0.406 e. The minimum absolute atomic E-state index is 0.0209. The number of ether oxygens (including phenoxy) is 1. The molecule has 0 saturated carbocycles. The Labute approximate surface area is 297 Å². The Balaban J connectivity index is 1.12. The summed E-state index contributed by atoms with van der Waals surface area (Å²) in [6.07, 6.45) is -0.548. The van der Waals surface area contributed by atoms with Crippen molar-refractivity contribution in [2.24, 2.45) is 15.4 Å². The highest BCUT2D eigenvalue weighted by Gasteiger charge is 2.31. The second-order valence-corrected chi connectivity index (χ2v) is 13.4. The van der Waals surface area contributed by atoms with Crippen LogP contribution >= 0.6 is 23.2 Å². The van der Waals surface area contributed by atoms with E-state index in [9.17, 15) is 18.0 Å². The first-order valence-corrected chi connectivity index (χ1v) is 17.1. The molecule has 1 aromatic heterocycles. The fraction of sp³-hybridized carbons (Fsp3) is 0.400. The molecule has 1 N–H and O–H groups in total. The number of imidazole rings is 1. The maximum Gasteiger partial charge on any atom is 0.406 e. The van der Waals surface area contributed by atoms with Gasteiger partial charge in [-0.2, -0.15) is 18.3 Å². The molecule has 2 aliphatic heterocycles. The van der Waals surface area contributed by atoms with Crippen LogP contribution in [0.15, 0.2) is 76.1 Å². The molecule has 0 aliphatic carbocycles. The molecular weight excluding hydrogens is 692 g/mol. The average molecular weight is 730 g/mol. The van der Waals surface area contributed by atoms with Crippen molar-refractivity contribution < 1.29 is 22.7 Å². The molecule has 1 saturated heterocycles. The monoisotopic (exact) mass is 728 g/mol. The number of fused-ring (bicyclic) bond motifs is 1. The van der Waals surface area contributed by atoms with E-state index < -0.39 is 12.7 Å². The number of carbonyl (C=O) groups is 1. The molecule has 50 heavy (non-hydrogen) atoms. The molecule has 0 radical (unpaired) electrons. The Bertz CT molecular complexity index is 1880. The van der Waals surface area contributed by atoms with E-state index in [2.05, 4.69) is 30.6 Å². The first-order valence-electron chi connectivity index (χ1n) is 16.3. The predicted octanol–water partition coefficient (Wildman–Crippen LogP) is 8.23. The van der Waals surface area contributed by atoms with Crippen molar-refractivity contribution in [3.63, 3.8) is 0 Å². The maximum atomic E-state index is 13.9. The summed E-state index contributed by atoms with van der Waals surface area (Å²) in [4.78, 5) is 22.4. The zero-order chi connectivity index (χ0) is 35.4. The van der Waals surface area contributed by atoms with Gasteiger partial charge in [0.25, 0.3) is 5.91 Å². The van der Waals surface area contributed by atoms with Gasteiger partial charge in [0.05, 0.1) is 40.0 Å². The lowest BCUT2D eigenvalue weighted by atomic mass is 9.93. The molecule has 10 nitrogen and oxygen atoms in total. The Hall–Kier alpha value is -4.20. The number of rotatable bonds is 12. The average Bonchev–Trinajstić information content (AvgIpc) is 3.76. The Morgan fingerprint density at radius 3 is 2.56 bits per heavy atom. The quantitative estimate of drug-likeness (QED) is 0.159. The van der Waals surface area contributed by atoms with Gasteiger partial charge in [0, 0.05) is 38.6 Å². The van der Waals surface area contributed by atoms with Crippen molar-refractivity contribution in [2.45, 2.75) is 50.0 Å². The second-order valence-electron chi connectivity index (χ2n) is 12.6. The van der Waals surface area contributed by atoms with Crippen LogP contribution in [0.1, 0.15) is 52.7 Å². The number of likely N-dealkylation sites (tertiary alicyclic amines) is 1. The summed E-state index contributed by atoms with van der Waals surface area (Å²) >= 11 is 12.7. The lowest BCUT2D eigenvalue weighted by Crippen LogP contribution is -2.41. The number of amides is 1. The Morgan fingerprint density at radius 1 is 1.08 bits per heavy atom. The number of para-hydroxylation sites is 2. The molecule has 6 rings (SSSR count). The number of nitrogens with one attached hydrogen (secondary N) is 1. The molecule has 3 heterocycles. The lowest BCUT2D eigenvalue weighted by Gasteiger charge is -2.34. The third-order valence-corrected chi connectivity index (χ3v) is 9.93. The fourth-order valence-electron chi connectivity index (χ4n) is 6.53. The number of halogens is 5. The molecule has 0 spiro atoms. The summed E-state index contributed by atoms with van der Waals surface area (Å²) in [5, 5.41) is 15.8. The van der Waals surface area contributed by atoms with Crippen LogP contribution < -0.4 is 10.1 Å². The van der Waals surface area contributed by atoms with Crippen LogP contribution in [0.5, 0.6) is 5.75 Å². The summed E-state index contributed by atoms with van der Waals surface area (Å²) in [6.45, 7) is 1.55. The number of methoxy groups -OCH3 is 1. The number of anilines is 1. The van der Waals surface area contributed by atoms with E-state index in [0.717, 1.165) is 50.0 Å². The molecule has 2 atom stereocenters. The number of likely N-dealkylation sites (N-methyl/N-ethyl adjacent to an activating group) is 1. The summed E-state index contributed by atoms with van der Waals surface area (Å²) in [7, 11) is 3.29. The zero-order valence-electron chi connectivity index (χ0n) is 27.6. The summed E-state index contributed by atoms with van der Waals surface area (Å²) in [6, 6.07) is 17.4. The van der Waals surface area contributed by atoms with Crippen molar-refractivity contribution in [2.75, 3.05) is 45.7 Å². The topological polar surface area (TPSA) is 99.7 Å². The van der Waals surface area contributed by atoms with Gasteiger partial charge < -0.3 is 24.4 Å². The summed E-state index contributed by atoms with van der Waals surface area (Å²) in [5.41, 5.74) is 3.12. The van der Waals surface area contributed by atoms with E-state index in [4.69, 9.17) is 27.9 Å². The molecule has 2 unspecified atom stereocenters. The molecule has 15 heteroatoms. The number of hydrogen-bond donors (Lipinski definition) is 1. The Morgan fingerprint density at radius 2 is 1.86 bits per heavy atom. The zero-order valence-corrected chi connectivity index (χ0v) is 29.1. The van der Waals surface area contributed by atoms with Gasteiger partial charge >= 0.3 is 6.18 Å². The van der Waals surface area contributed by atoms with Gasteiger partial charge in [0.15, 0.2) is 0 Å². The molecular formula is C35H37Cl2F3N8O2. The number of piperidine rings is 1. The number of hydrogen-bond acceptors (Lipinski definition) is 8.